The van der Waals surface area contributed by atoms with E-state index in [0.717, 1.165) is 11.1 Å². The van der Waals surface area contributed by atoms with Crippen LogP contribution < -0.4 is 0 Å². The Kier molecular flexibility index (Phi) is 6.03. The van der Waals surface area contributed by atoms with Crippen molar-refractivity contribution in [2.45, 2.75) is 65.8 Å². The molecule has 1 aliphatic heterocycles. The third-order valence-electron chi connectivity index (χ3n) is 4.77. The van der Waals surface area contributed by atoms with Crippen LogP contribution in [-0.2, 0) is 28.6 Å². The molecular weight excluding hydrogens is 324 g/mol. The maximum Gasteiger partial charge on any atom is 0.309 e. The molecule has 5 atom stereocenters. The summed E-state index contributed by atoms with van der Waals surface area (Å²) in [5.74, 6) is -1.68. The molecule has 0 radical (unpaired) electrons. The Labute approximate surface area is 148 Å². The number of esters is 3. The molecule has 25 heavy (non-hydrogen) atoms. The Bertz CT molecular complexity index is 617. The largest absolute Gasteiger partial charge is 0.462 e. The third kappa shape index (κ3) is 4.71. The molecule has 0 saturated carbocycles. The molecule has 1 fully saturated rings. The molecule has 6 nitrogen and oxygen atoms in total. The second kappa shape index (κ2) is 7.85. The minimum absolute atomic E-state index is 0.272. The van der Waals surface area contributed by atoms with Gasteiger partial charge in [-0.3, -0.25) is 14.4 Å². The fourth-order valence-electron chi connectivity index (χ4n) is 3.51. The van der Waals surface area contributed by atoms with Gasteiger partial charge in [0.05, 0.1) is 11.8 Å². The SMILES string of the molecule is CC(=O)O[C@H]1C/C(C)=C/C[C@@H](OC(C)=O)/C(C)=C/[C@H]2OC(=O)[C@@H](C)[C@H]12. The van der Waals surface area contributed by atoms with Gasteiger partial charge in [-0.25, -0.2) is 0 Å². The number of ether oxygens (including phenoxy) is 3. The Morgan fingerprint density at radius 3 is 2.40 bits per heavy atom. The summed E-state index contributed by atoms with van der Waals surface area (Å²) >= 11 is 0. The van der Waals surface area contributed by atoms with Crippen molar-refractivity contribution in [1.29, 1.82) is 0 Å². The number of hydrogen-bond donors (Lipinski definition) is 0. The van der Waals surface area contributed by atoms with Crippen molar-refractivity contribution in [3.63, 3.8) is 0 Å². The summed E-state index contributed by atoms with van der Waals surface area (Å²) in [6.45, 7) is 8.33. The molecule has 2 rings (SSSR count). The van der Waals surface area contributed by atoms with Gasteiger partial charge < -0.3 is 14.2 Å². The number of rotatable bonds is 2. The van der Waals surface area contributed by atoms with Gasteiger partial charge in [-0.05, 0) is 25.5 Å². The van der Waals surface area contributed by atoms with E-state index in [1.54, 1.807) is 6.92 Å². The van der Waals surface area contributed by atoms with Crippen LogP contribution in [0.25, 0.3) is 0 Å². The predicted molar refractivity (Wildman–Crippen MR) is 90.4 cm³/mol. The van der Waals surface area contributed by atoms with Crippen molar-refractivity contribution in [1.82, 2.24) is 0 Å². The van der Waals surface area contributed by atoms with E-state index in [-0.39, 0.29) is 29.7 Å². The number of carbonyl (C=O) groups is 3. The monoisotopic (exact) mass is 350 g/mol. The van der Waals surface area contributed by atoms with Gasteiger partial charge in [-0.1, -0.05) is 18.6 Å². The summed E-state index contributed by atoms with van der Waals surface area (Å²) in [7, 11) is 0. The molecule has 0 unspecified atom stereocenters. The molecule has 0 spiro atoms. The molecule has 0 bridgehead atoms. The van der Waals surface area contributed by atoms with Crippen LogP contribution in [0.15, 0.2) is 23.3 Å². The van der Waals surface area contributed by atoms with E-state index in [4.69, 9.17) is 14.2 Å². The smallest absolute Gasteiger partial charge is 0.309 e. The first kappa shape index (κ1) is 19.2. The van der Waals surface area contributed by atoms with Gasteiger partial charge in [-0.2, -0.15) is 0 Å². The lowest BCUT2D eigenvalue weighted by molar-refractivity contribution is -0.150. The molecule has 0 N–H and O–H groups in total. The zero-order valence-electron chi connectivity index (χ0n) is 15.4. The second-order valence-corrected chi connectivity index (χ2v) is 6.91. The van der Waals surface area contributed by atoms with Gasteiger partial charge in [0, 0.05) is 26.7 Å². The lowest BCUT2D eigenvalue weighted by Gasteiger charge is -2.29. The molecule has 0 aromatic carbocycles. The highest BCUT2D eigenvalue weighted by Gasteiger charge is 2.47. The van der Waals surface area contributed by atoms with Crippen LogP contribution in [0.1, 0.15) is 47.5 Å². The average Bonchev–Trinajstić information content (AvgIpc) is 2.75. The highest BCUT2D eigenvalue weighted by Crippen LogP contribution is 2.37. The fourth-order valence-corrected chi connectivity index (χ4v) is 3.51. The van der Waals surface area contributed by atoms with Crippen molar-refractivity contribution < 1.29 is 28.6 Å². The van der Waals surface area contributed by atoms with Gasteiger partial charge in [0.1, 0.15) is 18.3 Å². The minimum atomic E-state index is -0.504. The van der Waals surface area contributed by atoms with Crippen LogP contribution in [0, 0.1) is 11.8 Å². The first-order valence-corrected chi connectivity index (χ1v) is 8.58. The molecule has 1 saturated heterocycles. The van der Waals surface area contributed by atoms with Crippen LogP contribution >= 0.6 is 0 Å². The molecule has 1 aliphatic carbocycles. The lowest BCUT2D eigenvalue weighted by atomic mass is 9.82. The van der Waals surface area contributed by atoms with Crippen LogP contribution in [-0.4, -0.2) is 36.2 Å². The zero-order chi connectivity index (χ0) is 18.7. The van der Waals surface area contributed by atoms with Gasteiger partial charge >= 0.3 is 17.9 Å². The van der Waals surface area contributed by atoms with E-state index in [1.165, 1.54) is 13.8 Å². The number of hydrogen-bond acceptors (Lipinski definition) is 6. The normalized spacial score (nSPS) is 36.8. The van der Waals surface area contributed by atoms with Crippen LogP contribution in [0.3, 0.4) is 0 Å². The van der Waals surface area contributed by atoms with E-state index < -0.39 is 18.3 Å². The summed E-state index contributed by atoms with van der Waals surface area (Å²) < 4.78 is 16.4. The molecule has 6 heteroatoms. The molecule has 0 aromatic heterocycles. The Morgan fingerprint density at radius 2 is 1.80 bits per heavy atom. The molecule has 0 aromatic rings. The summed E-state index contributed by atoms with van der Waals surface area (Å²) in [4.78, 5) is 35.1. The molecule has 1 heterocycles. The average molecular weight is 350 g/mol. The molecule has 2 aliphatic rings. The number of fused-ring (bicyclic) bond motifs is 1. The van der Waals surface area contributed by atoms with E-state index in [9.17, 15) is 14.4 Å². The van der Waals surface area contributed by atoms with Crippen LogP contribution in [0.5, 0.6) is 0 Å². The fraction of sp³-hybridized carbons (Fsp3) is 0.632. The first-order chi connectivity index (χ1) is 11.7. The van der Waals surface area contributed by atoms with E-state index in [1.807, 2.05) is 26.0 Å². The van der Waals surface area contributed by atoms with Crippen molar-refractivity contribution in [3.05, 3.63) is 23.3 Å². The number of carbonyl (C=O) groups excluding carboxylic acids is 3. The van der Waals surface area contributed by atoms with Crippen LogP contribution in [0.2, 0.25) is 0 Å². The highest BCUT2D eigenvalue weighted by molar-refractivity contribution is 5.75. The summed E-state index contributed by atoms with van der Waals surface area (Å²) in [5, 5.41) is 0. The maximum atomic E-state index is 12.1. The Balaban J connectivity index is 2.41. The summed E-state index contributed by atoms with van der Waals surface area (Å²) in [5.41, 5.74) is 1.84. The topological polar surface area (TPSA) is 78.9 Å². The van der Waals surface area contributed by atoms with Crippen molar-refractivity contribution in [3.8, 4) is 0 Å². The van der Waals surface area contributed by atoms with Crippen molar-refractivity contribution >= 4 is 17.9 Å². The maximum absolute atomic E-state index is 12.1. The minimum Gasteiger partial charge on any atom is -0.462 e. The third-order valence-corrected chi connectivity index (χ3v) is 4.77. The standard InChI is InChI=1S/C19H26O6/c1-10-6-7-15(23-13(4)20)11(2)9-17-18(12(3)19(22)25-17)16(8-10)24-14(5)21/h6,9,12,15-18H,7-8H2,1-5H3/b10-6+,11-9+/t12-,15+,16-,17+,18+/m0/s1. The van der Waals surface area contributed by atoms with Crippen molar-refractivity contribution in [2.75, 3.05) is 0 Å². The quantitative estimate of drug-likeness (QED) is 0.433. The first-order valence-electron chi connectivity index (χ1n) is 8.58. The molecule has 0 amide bonds. The molecule has 138 valence electrons. The van der Waals surface area contributed by atoms with Crippen molar-refractivity contribution in [2.24, 2.45) is 11.8 Å². The van der Waals surface area contributed by atoms with Gasteiger partial charge in [0.2, 0.25) is 0 Å². The van der Waals surface area contributed by atoms with E-state index in [0.29, 0.717) is 12.8 Å². The zero-order valence-corrected chi connectivity index (χ0v) is 15.4. The lowest BCUT2D eigenvalue weighted by Crippen LogP contribution is -2.35. The van der Waals surface area contributed by atoms with E-state index in [2.05, 4.69) is 0 Å². The highest BCUT2D eigenvalue weighted by atomic mass is 16.6. The summed E-state index contributed by atoms with van der Waals surface area (Å²) in [6, 6.07) is 0. The van der Waals surface area contributed by atoms with E-state index >= 15 is 0 Å². The van der Waals surface area contributed by atoms with Gasteiger partial charge in [0.15, 0.2) is 0 Å². The van der Waals surface area contributed by atoms with Gasteiger partial charge in [-0.15, -0.1) is 0 Å². The summed E-state index contributed by atoms with van der Waals surface area (Å²) in [6.07, 6.45) is 3.52. The Hall–Kier alpha value is -2.11. The molecular formula is C19H26O6. The predicted octanol–water partition coefficient (Wildman–Crippen LogP) is 2.71. The van der Waals surface area contributed by atoms with Crippen LogP contribution in [0.4, 0.5) is 0 Å². The Morgan fingerprint density at radius 1 is 1.16 bits per heavy atom. The second-order valence-electron chi connectivity index (χ2n) is 6.91. The van der Waals surface area contributed by atoms with Gasteiger partial charge in [0.25, 0.3) is 0 Å².